The van der Waals surface area contributed by atoms with Crippen LogP contribution < -0.4 is 26.1 Å². The first-order chi connectivity index (χ1) is 12.6. The number of hydrogen-bond acceptors (Lipinski definition) is 6. The highest BCUT2D eigenvalue weighted by Crippen LogP contribution is 2.35. The van der Waals surface area contributed by atoms with Crippen LogP contribution in [0.5, 0.6) is 11.5 Å². The van der Waals surface area contributed by atoms with Gasteiger partial charge in [-0.25, -0.2) is 4.98 Å². The molecule has 9 nitrogen and oxygen atoms in total. The minimum absolute atomic E-state index is 0.0889. The maximum atomic E-state index is 12.5. The van der Waals surface area contributed by atoms with Crippen LogP contribution in [-0.2, 0) is 0 Å². The molecule has 0 saturated carbocycles. The van der Waals surface area contributed by atoms with Crippen molar-refractivity contribution < 1.29 is 14.3 Å². The number of nitrogen functional groups attached to an aromatic ring is 1. The summed E-state index contributed by atoms with van der Waals surface area (Å²) in [6.07, 6.45) is 0.782. The summed E-state index contributed by atoms with van der Waals surface area (Å²) in [7, 11) is 0. The standard InChI is InChI=1S/C17H17N5O4/c1-2-5-19-17(24)14-15(18)21-22-13(23)7-10(20-16(14)22)9-3-4-11-12(6-9)26-8-25-11/h3-4,6-7,21H,2,5,8,18H2,1H3,(H,19,24). The number of carbonyl (C=O) groups excluding carboxylic acids is 1. The van der Waals surface area contributed by atoms with Crippen molar-refractivity contribution in [2.24, 2.45) is 0 Å². The van der Waals surface area contributed by atoms with E-state index in [-0.39, 0.29) is 35.3 Å². The number of benzene rings is 1. The van der Waals surface area contributed by atoms with Crippen LogP contribution in [0.15, 0.2) is 29.1 Å². The second-order valence-electron chi connectivity index (χ2n) is 5.86. The van der Waals surface area contributed by atoms with Gasteiger partial charge in [0.05, 0.1) is 5.69 Å². The molecule has 134 valence electrons. The molecule has 0 radical (unpaired) electrons. The molecule has 0 unspecified atom stereocenters. The zero-order valence-electron chi connectivity index (χ0n) is 14.0. The molecular formula is C17H17N5O4. The van der Waals surface area contributed by atoms with E-state index in [1.54, 1.807) is 18.2 Å². The number of carbonyl (C=O) groups is 1. The van der Waals surface area contributed by atoms with Gasteiger partial charge in [0.15, 0.2) is 17.1 Å². The van der Waals surface area contributed by atoms with E-state index in [1.807, 2.05) is 6.92 Å². The van der Waals surface area contributed by atoms with E-state index in [2.05, 4.69) is 15.4 Å². The fraction of sp³-hybridized carbons (Fsp3) is 0.235. The second-order valence-corrected chi connectivity index (χ2v) is 5.86. The van der Waals surface area contributed by atoms with Gasteiger partial charge in [-0.3, -0.25) is 14.7 Å². The molecule has 3 heterocycles. The number of fused-ring (bicyclic) bond motifs is 2. The van der Waals surface area contributed by atoms with Crippen LogP contribution in [0.1, 0.15) is 23.7 Å². The third-order valence-electron chi connectivity index (χ3n) is 4.07. The summed E-state index contributed by atoms with van der Waals surface area (Å²) in [5.74, 6) is 0.931. The topological polar surface area (TPSA) is 124 Å². The van der Waals surface area contributed by atoms with Gasteiger partial charge in [0.1, 0.15) is 11.4 Å². The van der Waals surface area contributed by atoms with E-state index in [4.69, 9.17) is 15.2 Å². The molecular weight excluding hydrogens is 338 g/mol. The molecule has 0 bridgehead atoms. The van der Waals surface area contributed by atoms with Crippen molar-refractivity contribution in [3.8, 4) is 22.8 Å². The van der Waals surface area contributed by atoms with Gasteiger partial charge < -0.3 is 20.5 Å². The normalized spacial score (nSPS) is 12.5. The minimum atomic E-state index is -0.377. The monoisotopic (exact) mass is 355 g/mol. The van der Waals surface area contributed by atoms with Gasteiger partial charge in [-0.05, 0) is 24.6 Å². The zero-order chi connectivity index (χ0) is 18.3. The molecule has 3 aromatic rings. The highest BCUT2D eigenvalue weighted by Gasteiger charge is 2.21. The summed E-state index contributed by atoms with van der Waals surface area (Å²) in [6, 6.07) is 6.64. The second kappa shape index (κ2) is 6.10. The molecule has 0 aliphatic carbocycles. The number of aromatic nitrogens is 3. The first-order valence-electron chi connectivity index (χ1n) is 8.18. The van der Waals surface area contributed by atoms with Crippen LogP contribution in [-0.4, -0.2) is 33.8 Å². The zero-order valence-corrected chi connectivity index (χ0v) is 14.0. The van der Waals surface area contributed by atoms with Gasteiger partial charge in [0.2, 0.25) is 6.79 Å². The van der Waals surface area contributed by atoms with E-state index >= 15 is 0 Å². The van der Waals surface area contributed by atoms with Crippen molar-refractivity contribution in [1.29, 1.82) is 0 Å². The molecule has 2 aromatic heterocycles. The molecule has 4 N–H and O–H groups in total. The number of hydrogen-bond donors (Lipinski definition) is 3. The van der Waals surface area contributed by atoms with Crippen LogP contribution >= 0.6 is 0 Å². The molecule has 1 aromatic carbocycles. The lowest BCUT2D eigenvalue weighted by atomic mass is 10.1. The number of H-pyrrole nitrogens is 1. The van der Waals surface area contributed by atoms with E-state index < -0.39 is 0 Å². The van der Waals surface area contributed by atoms with Crippen molar-refractivity contribution >= 4 is 17.4 Å². The molecule has 9 heteroatoms. The van der Waals surface area contributed by atoms with Crippen LogP contribution in [0, 0.1) is 0 Å². The van der Waals surface area contributed by atoms with Crippen molar-refractivity contribution in [2.75, 3.05) is 19.1 Å². The predicted octanol–water partition coefficient (Wildman–Crippen LogP) is 1.14. The summed E-state index contributed by atoms with van der Waals surface area (Å²) in [5, 5.41) is 5.44. The number of amides is 1. The summed E-state index contributed by atoms with van der Waals surface area (Å²) >= 11 is 0. The SMILES string of the molecule is CCCNC(=O)c1c(N)[nH]n2c(=O)cc(-c3ccc4c(c3)OCO4)nc12. The lowest BCUT2D eigenvalue weighted by molar-refractivity contribution is 0.0956. The Balaban J connectivity index is 1.85. The Bertz CT molecular complexity index is 1070. The molecule has 1 aliphatic heterocycles. The van der Waals surface area contributed by atoms with E-state index in [9.17, 15) is 9.59 Å². The van der Waals surface area contributed by atoms with Crippen molar-refractivity contribution in [3.63, 3.8) is 0 Å². The fourth-order valence-electron chi connectivity index (χ4n) is 2.81. The smallest absolute Gasteiger partial charge is 0.273 e. The number of ether oxygens (including phenoxy) is 2. The molecule has 0 fully saturated rings. The molecule has 0 atom stereocenters. The maximum Gasteiger partial charge on any atom is 0.273 e. The summed E-state index contributed by atoms with van der Waals surface area (Å²) in [6.45, 7) is 2.60. The van der Waals surface area contributed by atoms with Gasteiger partial charge in [-0.15, -0.1) is 0 Å². The van der Waals surface area contributed by atoms with Crippen molar-refractivity contribution in [2.45, 2.75) is 13.3 Å². The molecule has 0 spiro atoms. The summed E-state index contributed by atoms with van der Waals surface area (Å²) < 4.78 is 11.8. The van der Waals surface area contributed by atoms with Gasteiger partial charge in [-0.1, -0.05) is 6.92 Å². The summed E-state index contributed by atoms with van der Waals surface area (Å²) in [5.41, 5.74) is 6.95. The van der Waals surface area contributed by atoms with Gasteiger partial charge in [0.25, 0.3) is 11.5 Å². The van der Waals surface area contributed by atoms with Crippen LogP contribution in [0.2, 0.25) is 0 Å². The Morgan fingerprint density at radius 3 is 2.96 bits per heavy atom. The Kier molecular flexibility index (Phi) is 3.76. The van der Waals surface area contributed by atoms with Crippen LogP contribution in [0.4, 0.5) is 5.82 Å². The number of anilines is 1. The van der Waals surface area contributed by atoms with Crippen molar-refractivity contribution in [1.82, 2.24) is 19.9 Å². The number of nitrogens with two attached hydrogens (primary N) is 1. The molecule has 1 amide bonds. The molecule has 1 aliphatic rings. The Morgan fingerprint density at radius 2 is 2.15 bits per heavy atom. The molecule has 4 rings (SSSR count). The Morgan fingerprint density at radius 1 is 1.35 bits per heavy atom. The largest absolute Gasteiger partial charge is 0.454 e. The molecule has 26 heavy (non-hydrogen) atoms. The molecule has 0 saturated heterocycles. The lowest BCUT2D eigenvalue weighted by Gasteiger charge is -2.05. The van der Waals surface area contributed by atoms with Crippen LogP contribution in [0.25, 0.3) is 16.9 Å². The average molecular weight is 355 g/mol. The fourth-order valence-corrected chi connectivity index (χ4v) is 2.81. The van der Waals surface area contributed by atoms with Gasteiger partial charge in [0, 0.05) is 18.2 Å². The Hall–Kier alpha value is -3.49. The number of aromatic amines is 1. The number of rotatable bonds is 4. The lowest BCUT2D eigenvalue weighted by Crippen LogP contribution is -2.25. The Labute approximate surface area is 147 Å². The van der Waals surface area contributed by atoms with Crippen molar-refractivity contribution in [3.05, 3.63) is 40.2 Å². The predicted molar refractivity (Wildman–Crippen MR) is 94.4 cm³/mol. The van der Waals surface area contributed by atoms with Gasteiger partial charge >= 0.3 is 0 Å². The van der Waals surface area contributed by atoms with E-state index in [0.717, 1.165) is 10.9 Å². The van der Waals surface area contributed by atoms with E-state index in [0.29, 0.717) is 29.3 Å². The number of nitrogens with one attached hydrogen (secondary N) is 2. The quantitative estimate of drug-likeness (QED) is 0.645. The highest BCUT2D eigenvalue weighted by atomic mass is 16.7. The summed E-state index contributed by atoms with van der Waals surface area (Å²) in [4.78, 5) is 29.3. The highest BCUT2D eigenvalue weighted by molar-refractivity contribution is 6.04. The van der Waals surface area contributed by atoms with E-state index in [1.165, 1.54) is 6.07 Å². The maximum absolute atomic E-state index is 12.5. The van der Waals surface area contributed by atoms with Crippen LogP contribution in [0.3, 0.4) is 0 Å². The number of nitrogens with zero attached hydrogens (tertiary/aromatic N) is 2. The first-order valence-corrected chi connectivity index (χ1v) is 8.18. The average Bonchev–Trinajstić information content (AvgIpc) is 3.22. The minimum Gasteiger partial charge on any atom is -0.454 e. The third kappa shape index (κ3) is 2.53. The third-order valence-corrected chi connectivity index (χ3v) is 4.07. The van der Waals surface area contributed by atoms with Gasteiger partial charge in [-0.2, -0.15) is 4.52 Å². The first kappa shape index (κ1) is 16.0.